The first-order chi connectivity index (χ1) is 9.78. The Morgan fingerprint density at radius 2 is 2.00 bits per heavy atom. The number of benzene rings is 1. The van der Waals surface area contributed by atoms with E-state index in [0.717, 1.165) is 6.29 Å². The number of nitrogens with zero attached hydrogens (tertiary/aromatic N) is 1. The minimum absolute atomic E-state index is 0.327. The zero-order valence-corrected chi connectivity index (χ0v) is 10.7. The molecular weight excluding hydrogens is 262 g/mol. The van der Waals surface area contributed by atoms with Gasteiger partial charge < -0.3 is 18.7 Å². The summed E-state index contributed by atoms with van der Waals surface area (Å²) >= 11 is 0. The molecule has 20 heavy (non-hydrogen) atoms. The highest BCUT2D eigenvalue weighted by atomic mass is 16.6. The number of fused-ring (bicyclic) bond motifs is 1. The molecule has 1 aromatic carbocycles. The van der Waals surface area contributed by atoms with Crippen molar-refractivity contribution in [1.29, 1.82) is 0 Å². The van der Waals surface area contributed by atoms with Crippen molar-refractivity contribution in [3.05, 3.63) is 40.7 Å². The Bertz CT molecular complexity index is 685. The maximum atomic E-state index is 11.8. The second-order valence-corrected chi connectivity index (χ2v) is 4.37. The second-order valence-electron chi connectivity index (χ2n) is 4.37. The predicted octanol–water partition coefficient (Wildman–Crippen LogP) is 1.33. The van der Waals surface area contributed by atoms with Gasteiger partial charge in [0, 0.05) is 18.9 Å². The van der Waals surface area contributed by atoms with E-state index in [4.69, 9.17) is 13.9 Å². The van der Waals surface area contributed by atoms with Crippen LogP contribution in [-0.2, 0) is 11.2 Å². The van der Waals surface area contributed by atoms with Gasteiger partial charge in [-0.25, -0.2) is 9.36 Å². The number of aldehydes is 1. The summed E-state index contributed by atoms with van der Waals surface area (Å²) < 4.78 is 17.4. The normalized spacial score (nSPS) is 13.2. The summed E-state index contributed by atoms with van der Waals surface area (Å²) in [4.78, 5) is 22.2. The predicted molar refractivity (Wildman–Crippen MR) is 69.7 cm³/mol. The molecule has 0 bridgehead atoms. The molecule has 0 aliphatic carbocycles. The van der Waals surface area contributed by atoms with Gasteiger partial charge in [0.15, 0.2) is 11.5 Å². The summed E-state index contributed by atoms with van der Waals surface area (Å²) in [5.74, 6) is 1.27. The number of carbonyl (C=O) groups is 1. The Labute approximate surface area is 114 Å². The number of aryl methyl sites for hydroxylation is 1. The van der Waals surface area contributed by atoms with E-state index in [1.165, 1.54) is 4.57 Å². The molecule has 0 radical (unpaired) electrons. The number of hydrogen-bond acceptors (Lipinski definition) is 5. The number of ether oxygens (including phenoxy) is 2. The third kappa shape index (κ3) is 2.32. The molecule has 0 atom stereocenters. The Hall–Kier alpha value is -2.50. The van der Waals surface area contributed by atoms with Crippen molar-refractivity contribution in [1.82, 2.24) is 4.57 Å². The molecule has 0 N–H and O–H groups in total. The van der Waals surface area contributed by atoms with Crippen LogP contribution in [0.2, 0.25) is 0 Å². The van der Waals surface area contributed by atoms with E-state index < -0.39 is 5.76 Å². The average molecular weight is 275 g/mol. The fraction of sp³-hybridized carbons (Fsp3) is 0.286. The lowest BCUT2D eigenvalue weighted by molar-refractivity contribution is -0.107. The Morgan fingerprint density at radius 1 is 1.20 bits per heavy atom. The summed E-state index contributed by atoms with van der Waals surface area (Å²) in [5.41, 5.74) is 0.639. The third-order valence-electron chi connectivity index (χ3n) is 3.00. The van der Waals surface area contributed by atoms with Gasteiger partial charge in [-0.2, -0.15) is 0 Å². The van der Waals surface area contributed by atoms with Crippen LogP contribution in [0.3, 0.4) is 0 Å². The molecule has 104 valence electrons. The lowest BCUT2D eigenvalue weighted by Crippen LogP contribution is -2.16. The summed E-state index contributed by atoms with van der Waals surface area (Å²) in [7, 11) is 0. The Morgan fingerprint density at radius 3 is 2.80 bits per heavy atom. The number of oxazole rings is 1. The van der Waals surface area contributed by atoms with Gasteiger partial charge in [0.1, 0.15) is 25.3 Å². The van der Waals surface area contributed by atoms with Crippen molar-refractivity contribution in [2.45, 2.75) is 12.8 Å². The molecule has 3 rings (SSSR count). The van der Waals surface area contributed by atoms with E-state index in [1.807, 2.05) is 0 Å². The Kier molecular flexibility index (Phi) is 3.28. The lowest BCUT2D eigenvalue weighted by atomic mass is 10.2. The van der Waals surface area contributed by atoms with Crippen molar-refractivity contribution in [2.75, 3.05) is 13.2 Å². The highest BCUT2D eigenvalue weighted by Gasteiger charge is 2.14. The molecule has 0 amide bonds. The van der Waals surface area contributed by atoms with E-state index in [-0.39, 0.29) is 0 Å². The van der Waals surface area contributed by atoms with Crippen LogP contribution >= 0.6 is 0 Å². The first-order valence-corrected chi connectivity index (χ1v) is 6.33. The van der Waals surface area contributed by atoms with Crippen LogP contribution in [0.1, 0.15) is 12.2 Å². The zero-order chi connectivity index (χ0) is 13.9. The Balaban J connectivity index is 1.94. The monoisotopic (exact) mass is 275 g/mol. The SMILES string of the molecule is O=CCCc1cn(-c2ccc3c(c2)OCCO3)c(=O)o1. The molecule has 6 heteroatoms. The lowest BCUT2D eigenvalue weighted by Gasteiger charge is -2.18. The minimum Gasteiger partial charge on any atom is -0.486 e. The maximum Gasteiger partial charge on any atom is 0.423 e. The van der Waals surface area contributed by atoms with Gasteiger partial charge in [-0.1, -0.05) is 0 Å². The van der Waals surface area contributed by atoms with Crippen LogP contribution in [0.25, 0.3) is 5.69 Å². The van der Waals surface area contributed by atoms with Gasteiger partial charge >= 0.3 is 5.76 Å². The van der Waals surface area contributed by atoms with Crippen LogP contribution in [0.4, 0.5) is 0 Å². The number of hydrogen-bond donors (Lipinski definition) is 0. The summed E-state index contributed by atoms with van der Waals surface area (Å²) in [6.07, 6.45) is 3.13. The number of carbonyl (C=O) groups excluding carboxylic acids is 1. The summed E-state index contributed by atoms with van der Waals surface area (Å²) in [6.45, 7) is 1.01. The third-order valence-corrected chi connectivity index (χ3v) is 3.00. The van der Waals surface area contributed by atoms with E-state index in [2.05, 4.69) is 0 Å². The van der Waals surface area contributed by atoms with E-state index >= 15 is 0 Å². The van der Waals surface area contributed by atoms with E-state index in [0.29, 0.717) is 49.0 Å². The van der Waals surface area contributed by atoms with Crippen molar-refractivity contribution < 1.29 is 18.7 Å². The van der Waals surface area contributed by atoms with Crippen molar-refractivity contribution in [3.63, 3.8) is 0 Å². The molecule has 0 saturated heterocycles. The van der Waals surface area contributed by atoms with Crippen molar-refractivity contribution >= 4 is 6.29 Å². The molecular formula is C14H13NO5. The molecule has 1 aliphatic heterocycles. The van der Waals surface area contributed by atoms with Crippen molar-refractivity contribution in [2.24, 2.45) is 0 Å². The van der Waals surface area contributed by atoms with Crippen LogP contribution in [0, 0.1) is 0 Å². The summed E-state index contributed by atoms with van der Waals surface area (Å²) in [6, 6.07) is 5.25. The summed E-state index contributed by atoms with van der Waals surface area (Å²) in [5, 5.41) is 0. The van der Waals surface area contributed by atoms with Gasteiger partial charge in [-0.05, 0) is 12.1 Å². The maximum absolute atomic E-state index is 11.8. The molecule has 2 aromatic rings. The topological polar surface area (TPSA) is 70.7 Å². The van der Waals surface area contributed by atoms with Gasteiger partial charge in [-0.15, -0.1) is 0 Å². The van der Waals surface area contributed by atoms with Crippen LogP contribution in [0.5, 0.6) is 11.5 Å². The molecule has 6 nitrogen and oxygen atoms in total. The molecule has 0 saturated carbocycles. The largest absolute Gasteiger partial charge is 0.486 e. The standard InChI is InChI=1S/C14H13NO5/c16-5-1-2-11-9-15(14(17)20-11)10-3-4-12-13(8-10)19-7-6-18-12/h3-5,8-9H,1-2,6-7H2. The van der Waals surface area contributed by atoms with Crippen molar-refractivity contribution in [3.8, 4) is 17.2 Å². The number of aromatic nitrogens is 1. The van der Waals surface area contributed by atoms with E-state index in [1.54, 1.807) is 24.4 Å². The van der Waals surface area contributed by atoms with Gasteiger partial charge in [0.25, 0.3) is 0 Å². The fourth-order valence-corrected chi connectivity index (χ4v) is 2.06. The molecule has 1 aliphatic rings. The van der Waals surface area contributed by atoms with Crippen LogP contribution in [0.15, 0.2) is 33.6 Å². The molecule has 1 aromatic heterocycles. The average Bonchev–Trinajstić information content (AvgIpc) is 2.85. The zero-order valence-electron chi connectivity index (χ0n) is 10.7. The number of rotatable bonds is 4. The second kappa shape index (κ2) is 5.24. The smallest absolute Gasteiger partial charge is 0.423 e. The van der Waals surface area contributed by atoms with Crippen LogP contribution in [-0.4, -0.2) is 24.1 Å². The highest BCUT2D eigenvalue weighted by Crippen LogP contribution is 2.31. The quantitative estimate of drug-likeness (QED) is 0.787. The van der Waals surface area contributed by atoms with Gasteiger partial charge in [0.05, 0.1) is 11.9 Å². The first kappa shape index (κ1) is 12.5. The molecule has 0 spiro atoms. The van der Waals surface area contributed by atoms with E-state index in [9.17, 15) is 9.59 Å². The highest BCUT2D eigenvalue weighted by molar-refractivity contribution is 5.50. The van der Waals surface area contributed by atoms with Crippen LogP contribution < -0.4 is 15.2 Å². The fourth-order valence-electron chi connectivity index (χ4n) is 2.06. The minimum atomic E-state index is -0.484. The molecule has 0 fully saturated rings. The van der Waals surface area contributed by atoms with Gasteiger partial charge in [0.2, 0.25) is 0 Å². The molecule has 0 unspecified atom stereocenters. The van der Waals surface area contributed by atoms with Gasteiger partial charge in [-0.3, -0.25) is 0 Å². The first-order valence-electron chi connectivity index (χ1n) is 6.33. The molecule has 2 heterocycles.